The molecule has 4 heteroatoms. The number of fused-ring (bicyclic) bond motifs is 1. The van der Waals surface area contributed by atoms with Gasteiger partial charge in [-0.25, -0.2) is 0 Å². The Morgan fingerprint density at radius 2 is 2.14 bits per heavy atom. The van der Waals surface area contributed by atoms with Gasteiger partial charge in [-0.05, 0) is 25.1 Å². The van der Waals surface area contributed by atoms with Crippen molar-refractivity contribution >= 4 is 44.6 Å². The highest BCUT2D eigenvalue weighted by molar-refractivity contribution is 7.23. The molecule has 1 heterocycles. The Hall–Kier alpha value is -0.440. The summed E-state index contributed by atoms with van der Waals surface area (Å²) in [6.07, 6.45) is 0. The van der Waals surface area contributed by atoms with Crippen LogP contribution in [0.3, 0.4) is 0 Å². The van der Waals surface area contributed by atoms with Gasteiger partial charge in [-0.2, -0.15) is 0 Å². The molecular formula is C10H8Cl2OS. The highest BCUT2D eigenvalue weighted by Crippen LogP contribution is 2.40. The molecule has 0 saturated carbocycles. The monoisotopic (exact) mass is 246 g/mol. The number of hydrogen-bond donors (Lipinski definition) is 0. The van der Waals surface area contributed by atoms with Crippen LogP contribution in [0.25, 0.3) is 10.1 Å². The molecule has 0 atom stereocenters. The zero-order valence-electron chi connectivity index (χ0n) is 7.51. The smallest absolute Gasteiger partial charge is 0.120 e. The van der Waals surface area contributed by atoms with Gasteiger partial charge in [-0.15, -0.1) is 11.3 Å². The summed E-state index contributed by atoms with van der Waals surface area (Å²) >= 11 is 13.4. The summed E-state index contributed by atoms with van der Waals surface area (Å²) in [6.45, 7) is 2.62. The van der Waals surface area contributed by atoms with Crippen molar-refractivity contribution in [1.29, 1.82) is 0 Å². The molecule has 0 aliphatic carbocycles. The maximum Gasteiger partial charge on any atom is 0.120 e. The summed E-state index contributed by atoms with van der Waals surface area (Å²) in [4.78, 5) is 0. The second-order valence-electron chi connectivity index (χ2n) is 2.78. The molecule has 0 saturated heterocycles. The zero-order valence-corrected chi connectivity index (χ0v) is 9.84. The fraction of sp³-hybridized carbons (Fsp3) is 0.200. The van der Waals surface area contributed by atoms with Crippen LogP contribution in [-0.2, 0) is 0 Å². The number of thiophene rings is 1. The standard InChI is InChI=1S/C10H8Cl2OS/c1-2-13-6-3-4-7-8(5-6)14-10(12)9(7)11/h3-5H,2H2,1H3. The minimum atomic E-state index is 0.634. The molecular weight excluding hydrogens is 239 g/mol. The summed E-state index contributed by atoms with van der Waals surface area (Å²) in [5.74, 6) is 0.856. The van der Waals surface area contributed by atoms with E-state index in [1.165, 1.54) is 11.3 Å². The predicted octanol–water partition coefficient (Wildman–Crippen LogP) is 4.61. The van der Waals surface area contributed by atoms with Crippen molar-refractivity contribution in [1.82, 2.24) is 0 Å². The third-order valence-electron chi connectivity index (χ3n) is 1.87. The number of rotatable bonds is 2. The number of benzene rings is 1. The molecule has 1 nitrogen and oxygen atoms in total. The average Bonchev–Trinajstić information content (AvgIpc) is 2.43. The van der Waals surface area contributed by atoms with Gasteiger partial charge in [0.25, 0.3) is 0 Å². The van der Waals surface area contributed by atoms with Gasteiger partial charge in [-0.1, -0.05) is 23.2 Å². The largest absolute Gasteiger partial charge is 0.494 e. The van der Waals surface area contributed by atoms with E-state index in [2.05, 4.69) is 0 Å². The first-order chi connectivity index (χ1) is 6.72. The number of ether oxygens (including phenoxy) is 1. The van der Waals surface area contributed by atoms with E-state index in [1.807, 2.05) is 25.1 Å². The summed E-state index contributed by atoms with van der Waals surface area (Å²) in [5.41, 5.74) is 0. The van der Waals surface area contributed by atoms with Gasteiger partial charge in [-0.3, -0.25) is 0 Å². The van der Waals surface area contributed by atoms with Crippen LogP contribution in [0.15, 0.2) is 18.2 Å². The lowest BCUT2D eigenvalue weighted by molar-refractivity contribution is 0.341. The van der Waals surface area contributed by atoms with E-state index in [9.17, 15) is 0 Å². The van der Waals surface area contributed by atoms with Crippen LogP contribution in [0.5, 0.6) is 5.75 Å². The Balaban J connectivity index is 2.56. The van der Waals surface area contributed by atoms with E-state index in [4.69, 9.17) is 27.9 Å². The van der Waals surface area contributed by atoms with Gasteiger partial charge in [0.15, 0.2) is 0 Å². The highest BCUT2D eigenvalue weighted by atomic mass is 35.5. The maximum atomic E-state index is 6.01. The van der Waals surface area contributed by atoms with Gasteiger partial charge in [0.2, 0.25) is 0 Å². The van der Waals surface area contributed by atoms with Crippen LogP contribution in [0.4, 0.5) is 0 Å². The molecule has 14 heavy (non-hydrogen) atoms. The summed E-state index contributed by atoms with van der Waals surface area (Å²) < 4.78 is 7.08. The minimum absolute atomic E-state index is 0.634. The first-order valence-corrected chi connectivity index (χ1v) is 5.80. The van der Waals surface area contributed by atoms with Crippen LogP contribution >= 0.6 is 34.5 Å². The highest BCUT2D eigenvalue weighted by Gasteiger charge is 2.08. The molecule has 0 aliphatic heterocycles. The van der Waals surface area contributed by atoms with E-state index in [1.54, 1.807) is 0 Å². The van der Waals surface area contributed by atoms with E-state index in [0.717, 1.165) is 15.8 Å². The second-order valence-corrected chi connectivity index (χ2v) is 4.81. The molecule has 0 unspecified atom stereocenters. The molecule has 2 aromatic rings. The Morgan fingerprint density at radius 1 is 1.36 bits per heavy atom. The van der Waals surface area contributed by atoms with Gasteiger partial charge in [0.05, 0.1) is 11.6 Å². The van der Waals surface area contributed by atoms with Gasteiger partial charge in [0.1, 0.15) is 10.1 Å². The Kier molecular flexibility index (Phi) is 2.86. The SMILES string of the molecule is CCOc1ccc2c(Cl)c(Cl)sc2c1. The first kappa shape index (κ1) is 10.1. The molecule has 0 amide bonds. The zero-order chi connectivity index (χ0) is 10.1. The topological polar surface area (TPSA) is 9.23 Å². The minimum Gasteiger partial charge on any atom is -0.494 e. The van der Waals surface area contributed by atoms with Crippen molar-refractivity contribution in [2.75, 3.05) is 6.61 Å². The molecule has 74 valence electrons. The van der Waals surface area contributed by atoms with Crippen molar-refractivity contribution < 1.29 is 4.74 Å². The van der Waals surface area contributed by atoms with Crippen molar-refractivity contribution in [3.63, 3.8) is 0 Å². The lowest BCUT2D eigenvalue weighted by Gasteiger charge is -2.01. The van der Waals surface area contributed by atoms with Crippen LogP contribution in [0.2, 0.25) is 9.36 Å². The maximum absolute atomic E-state index is 6.01. The number of halogens is 2. The van der Waals surface area contributed by atoms with Crippen LogP contribution in [0.1, 0.15) is 6.92 Å². The normalized spacial score (nSPS) is 10.8. The summed E-state index contributed by atoms with van der Waals surface area (Å²) in [7, 11) is 0. The number of hydrogen-bond acceptors (Lipinski definition) is 2. The fourth-order valence-electron chi connectivity index (χ4n) is 1.27. The Labute approximate surface area is 96.2 Å². The van der Waals surface area contributed by atoms with Crippen LogP contribution in [-0.4, -0.2) is 6.61 Å². The summed E-state index contributed by atoms with van der Waals surface area (Å²) in [5, 5.41) is 1.62. The predicted molar refractivity (Wildman–Crippen MR) is 63.0 cm³/mol. The first-order valence-electron chi connectivity index (χ1n) is 4.22. The van der Waals surface area contributed by atoms with Gasteiger partial charge >= 0.3 is 0 Å². The molecule has 2 rings (SSSR count). The fourth-order valence-corrected chi connectivity index (χ4v) is 2.81. The summed E-state index contributed by atoms with van der Waals surface area (Å²) in [6, 6.07) is 5.80. The molecule has 0 N–H and O–H groups in total. The van der Waals surface area contributed by atoms with Crippen molar-refractivity contribution in [2.24, 2.45) is 0 Å². The van der Waals surface area contributed by atoms with Crippen molar-refractivity contribution in [2.45, 2.75) is 6.92 Å². The van der Waals surface area contributed by atoms with E-state index in [-0.39, 0.29) is 0 Å². The Bertz CT molecular complexity index is 464. The van der Waals surface area contributed by atoms with Gasteiger partial charge in [0, 0.05) is 10.1 Å². The van der Waals surface area contributed by atoms with Crippen LogP contribution in [0, 0.1) is 0 Å². The lowest BCUT2D eigenvalue weighted by atomic mass is 10.2. The molecule has 1 aromatic carbocycles. The van der Waals surface area contributed by atoms with Crippen LogP contribution < -0.4 is 4.74 Å². The molecule has 1 aromatic heterocycles. The van der Waals surface area contributed by atoms with E-state index >= 15 is 0 Å². The molecule has 0 fully saturated rings. The van der Waals surface area contributed by atoms with Crippen molar-refractivity contribution in [3.05, 3.63) is 27.6 Å². The molecule has 0 bridgehead atoms. The molecule has 0 spiro atoms. The lowest BCUT2D eigenvalue weighted by Crippen LogP contribution is -1.89. The molecule has 0 radical (unpaired) electrons. The van der Waals surface area contributed by atoms with Crippen molar-refractivity contribution in [3.8, 4) is 5.75 Å². The molecule has 0 aliphatic rings. The second kappa shape index (κ2) is 3.97. The van der Waals surface area contributed by atoms with E-state index in [0.29, 0.717) is 16.0 Å². The Morgan fingerprint density at radius 3 is 2.86 bits per heavy atom. The van der Waals surface area contributed by atoms with Gasteiger partial charge < -0.3 is 4.74 Å². The third kappa shape index (κ3) is 1.70. The van der Waals surface area contributed by atoms with E-state index < -0.39 is 0 Å². The quantitative estimate of drug-likeness (QED) is 0.753. The average molecular weight is 247 g/mol. The third-order valence-corrected chi connectivity index (χ3v) is 3.84.